The largest absolute Gasteiger partial charge is 0.370 e. The highest BCUT2D eigenvalue weighted by atomic mass is 19.1. The van der Waals surface area contributed by atoms with Crippen LogP contribution in [0.5, 0.6) is 0 Å². The first-order valence-corrected chi connectivity index (χ1v) is 8.57. The molecule has 2 rings (SSSR count). The van der Waals surface area contributed by atoms with E-state index in [9.17, 15) is 18.8 Å². The van der Waals surface area contributed by atoms with Gasteiger partial charge in [-0.15, -0.1) is 0 Å². The third-order valence-electron chi connectivity index (χ3n) is 3.77. The molecule has 0 saturated carbocycles. The summed E-state index contributed by atoms with van der Waals surface area (Å²) >= 11 is 0. The minimum atomic E-state index is -0.979. The van der Waals surface area contributed by atoms with Crippen LogP contribution in [0.15, 0.2) is 18.2 Å². The zero-order chi connectivity index (χ0) is 20.0. The first-order chi connectivity index (χ1) is 12.8. The predicted octanol–water partition coefficient (Wildman–Crippen LogP) is 0.162. The fourth-order valence-corrected chi connectivity index (χ4v) is 2.50. The predicted molar refractivity (Wildman–Crippen MR) is 97.8 cm³/mol. The Labute approximate surface area is 156 Å². The van der Waals surface area contributed by atoms with E-state index in [2.05, 4.69) is 16.0 Å². The molecule has 1 fully saturated rings. The molecule has 148 valence electrons. The van der Waals surface area contributed by atoms with Gasteiger partial charge in [0.25, 0.3) is 5.91 Å². The number of benzene rings is 1. The Kier molecular flexibility index (Phi) is 7.08. The van der Waals surface area contributed by atoms with Crippen LogP contribution in [0.1, 0.15) is 13.8 Å². The second kappa shape index (κ2) is 9.28. The van der Waals surface area contributed by atoms with Gasteiger partial charge in [-0.3, -0.25) is 9.59 Å². The molecule has 1 saturated heterocycles. The number of urea groups is 1. The monoisotopic (exact) mass is 381 g/mol. The molecule has 10 heteroatoms. The van der Waals surface area contributed by atoms with Crippen molar-refractivity contribution in [1.82, 2.24) is 10.6 Å². The van der Waals surface area contributed by atoms with Gasteiger partial charge in [-0.1, -0.05) is 0 Å². The summed E-state index contributed by atoms with van der Waals surface area (Å²) in [6.07, 6.45) is 0. The summed E-state index contributed by atoms with van der Waals surface area (Å²) in [5.41, 5.74) is 5.84. The second-order valence-electron chi connectivity index (χ2n) is 6.31. The van der Waals surface area contributed by atoms with Crippen molar-refractivity contribution < 1.29 is 23.5 Å². The summed E-state index contributed by atoms with van der Waals surface area (Å²) in [4.78, 5) is 37.1. The van der Waals surface area contributed by atoms with Crippen LogP contribution < -0.4 is 26.6 Å². The van der Waals surface area contributed by atoms with Crippen LogP contribution in [0.4, 0.5) is 20.6 Å². The number of rotatable bonds is 6. The number of carbonyl (C=O) groups excluding carboxylic acids is 3. The Morgan fingerprint density at radius 2 is 2.07 bits per heavy atom. The molecule has 1 aromatic carbocycles. The van der Waals surface area contributed by atoms with Gasteiger partial charge in [0, 0.05) is 24.8 Å². The molecule has 1 heterocycles. The molecule has 1 aromatic rings. The SMILES string of the molecule is CC(C)NC(=O)N[C@@H](CN)C(=O)Nc1ccc(N2CCOCC2=O)c(F)c1. The molecule has 0 radical (unpaired) electrons. The van der Waals surface area contributed by atoms with E-state index >= 15 is 0 Å². The number of morpholine rings is 1. The van der Waals surface area contributed by atoms with E-state index in [0.717, 1.165) is 6.07 Å². The van der Waals surface area contributed by atoms with Gasteiger partial charge >= 0.3 is 6.03 Å². The van der Waals surface area contributed by atoms with E-state index in [1.807, 2.05) is 0 Å². The Balaban J connectivity index is 2.03. The van der Waals surface area contributed by atoms with Crippen LogP contribution in [0.25, 0.3) is 0 Å². The van der Waals surface area contributed by atoms with E-state index in [1.54, 1.807) is 13.8 Å². The highest BCUT2D eigenvalue weighted by Gasteiger charge is 2.24. The molecular formula is C17H24FN5O4. The number of ether oxygens (including phenoxy) is 1. The molecule has 27 heavy (non-hydrogen) atoms. The average Bonchev–Trinajstić information content (AvgIpc) is 2.60. The molecule has 5 N–H and O–H groups in total. The summed E-state index contributed by atoms with van der Waals surface area (Å²) in [5.74, 6) is -1.57. The second-order valence-corrected chi connectivity index (χ2v) is 6.31. The lowest BCUT2D eigenvalue weighted by Crippen LogP contribution is -2.52. The third-order valence-corrected chi connectivity index (χ3v) is 3.77. The summed E-state index contributed by atoms with van der Waals surface area (Å²) < 4.78 is 19.4. The topological polar surface area (TPSA) is 126 Å². The summed E-state index contributed by atoms with van der Waals surface area (Å²) in [5, 5.41) is 7.55. The van der Waals surface area contributed by atoms with Crippen LogP contribution in [0.3, 0.4) is 0 Å². The first kappa shape index (κ1) is 20.6. The fraction of sp³-hybridized carbons (Fsp3) is 0.471. The number of carbonyl (C=O) groups is 3. The van der Waals surface area contributed by atoms with Crippen LogP contribution >= 0.6 is 0 Å². The smallest absolute Gasteiger partial charge is 0.315 e. The minimum Gasteiger partial charge on any atom is -0.370 e. The maximum atomic E-state index is 14.4. The van der Waals surface area contributed by atoms with Gasteiger partial charge in [-0.05, 0) is 32.0 Å². The highest BCUT2D eigenvalue weighted by Crippen LogP contribution is 2.24. The van der Waals surface area contributed by atoms with Crippen molar-refractivity contribution in [3.8, 4) is 0 Å². The van der Waals surface area contributed by atoms with Gasteiger partial charge in [0.1, 0.15) is 18.5 Å². The maximum Gasteiger partial charge on any atom is 0.315 e. The van der Waals surface area contributed by atoms with Crippen molar-refractivity contribution in [3.05, 3.63) is 24.0 Å². The van der Waals surface area contributed by atoms with Crippen LogP contribution in [0, 0.1) is 5.82 Å². The number of nitrogens with one attached hydrogen (secondary N) is 3. The highest BCUT2D eigenvalue weighted by molar-refractivity contribution is 5.98. The molecule has 4 amide bonds. The standard InChI is InChI=1S/C17H24FN5O4/c1-10(2)20-17(26)22-13(8-19)16(25)21-11-3-4-14(12(18)7-11)23-5-6-27-9-15(23)24/h3-4,7,10,13H,5-6,8-9,19H2,1-2H3,(H,21,25)(H2,20,22,26)/t13-/m0/s1. The van der Waals surface area contributed by atoms with E-state index in [-0.39, 0.29) is 43.0 Å². The summed E-state index contributed by atoms with van der Waals surface area (Å²) in [6, 6.07) is 2.38. The molecule has 0 aliphatic carbocycles. The molecule has 1 atom stereocenters. The number of halogens is 1. The molecule has 0 bridgehead atoms. The van der Waals surface area contributed by atoms with Crippen LogP contribution in [-0.2, 0) is 14.3 Å². The molecule has 1 aliphatic heterocycles. The zero-order valence-electron chi connectivity index (χ0n) is 15.3. The third kappa shape index (κ3) is 5.63. The minimum absolute atomic E-state index is 0.0970. The van der Waals surface area contributed by atoms with E-state index < -0.39 is 23.8 Å². The molecular weight excluding hydrogens is 357 g/mol. The van der Waals surface area contributed by atoms with Gasteiger partial charge < -0.3 is 31.3 Å². The van der Waals surface area contributed by atoms with E-state index in [1.165, 1.54) is 17.0 Å². The molecule has 9 nitrogen and oxygen atoms in total. The number of hydrogen-bond donors (Lipinski definition) is 4. The van der Waals surface area contributed by atoms with Crippen molar-refractivity contribution in [2.45, 2.75) is 25.9 Å². The fourth-order valence-electron chi connectivity index (χ4n) is 2.50. The van der Waals surface area contributed by atoms with Crippen molar-refractivity contribution in [2.75, 3.05) is 36.5 Å². The van der Waals surface area contributed by atoms with Gasteiger partial charge in [0.2, 0.25) is 5.91 Å². The van der Waals surface area contributed by atoms with Gasteiger partial charge in [-0.2, -0.15) is 0 Å². The van der Waals surface area contributed by atoms with Gasteiger partial charge in [0.15, 0.2) is 0 Å². The van der Waals surface area contributed by atoms with Crippen molar-refractivity contribution in [1.29, 1.82) is 0 Å². The molecule has 1 aliphatic rings. The number of amides is 4. The Hall–Kier alpha value is -2.72. The Bertz CT molecular complexity index is 713. The molecule has 0 spiro atoms. The Morgan fingerprint density at radius 3 is 2.67 bits per heavy atom. The quantitative estimate of drug-likeness (QED) is 0.559. The van der Waals surface area contributed by atoms with Gasteiger partial charge in [0.05, 0.1) is 12.3 Å². The van der Waals surface area contributed by atoms with E-state index in [4.69, 9.17) is 10.5 Å². The number of nitrogens with two attached hydrogens (primary N) is 1. The average molecular weight is 381 g/mol. The normalized spacial score (nSPS) is 15.4. The zero-order valence-corrected chi connectivity index (χ0v) is 15.3. The Morgan fingerprint density at radius 1 is 1.33 bits per heavy atom. The number of hydrogen-bond acceptors (Lipinski definition) is 5. The van der Waals surface area contributed by atoms with Gasteiger partial charge in [-0.25, -0.2) is 9.18 Å². The molecule has 0 unspecified atom stereocenters. The summed E-state index contributed by atoms with van der Waals surface area (Å²) in [6.45, 7) is 3.92. The van der Waals surface area contributed by atoms with Crippen molar-refractivity contribution in [3.63, 3.8) is 0 Å². The number of nitrogens with zero attached hydrogens (tertiary/aromatic N) is 1. The lowest BCUT2D eigenvalue weighted by molar-refractivity contribution is -0.125. The molecule has 0 aromatic heterocycles. The lowest BCUT2D eigenvalue weighted by atomic mass is 10.2. The summed E-state index contributed by atoms with van der Waals surface area (Å²) in [7, 11) is 0. The van der Waals surface area contributed by atoms with Crippen molar-refractivity contribution in [2.24, 2.45) is 5.73 Å². The lowest BCUT2D eigenvalue weighted by Gasteiger charge is -2.27. The van der Waals surface area contributed by atoms with Crippen molar-refractivity contribution >= 4 is 29.2 Å². The van der Waals surface area contributed by atoms with Crippen LogP contribution in [0.2, 0.25) is 0 Å². The number of anilines is 2. The first-order valence-electron chi connectivity index (χ1n) is 8.57. The maximum absolute atomic E-state index is 14.4. The van der Waals surface area contributed by atoms with Crippen LogP contribution in [-0.4, -0.2) is 56.2 Å². The van der Waals surface area contributed by atoms with E-state index in [0.29, 0.717) is 6.61 Å².